The standard InChI is InChI=1S/C16H22F4O/c1-14(2,3)10-15(4,5)11-6-8-12(9-7-11)21-16(19,20)13(17)18/h6-9,13H,10H2,1-5H3. The minimum atomic E-state index is -4.47. The molecule has 5 heteroatoms. The molecule has 0 bridgehead atoms. The lowest BCUT2D eigenvalue weighted by atomic mass is 9.72. The molecule has 0 aliphatic carbocycles. The van der Waals surface area contributed by atoms with Crippen molar-refractivity contribution >= 4 is 0 Å². The van der Waals surface area contributed by atoms with Gasteiger partial charge in [0.25, 0.3) is 0 Å². The van der Waals surface area contributed by atoms with Gasteiger partial charge in [0.2, 0.25) is 0 Å². The van der Waals surface area contributed by atoms with Gasteiger partial charge < -0.3 is 4.74 Å². The van der Waals surface area contributed by atoms with E-state index in [1.54, 1.807) is 12.1 Å². The molecule has 21 heavy (non-hydrogen) atoms. The lowest BCUT2D eigenvalue weighted by Gasteiger charge is -2.33. The van der Waals surface area contributed by atoms with Gasteiger partial charge in [-0.3, -0.25) is 0 Å². The Morgan fingerprint density at radius 2 is 1.43 bits per heavy atom. The van der Waals surface area contributed by atoms with Crippen LogP contribution in [0.5, 0.6) is 5.75 Å². The quantitative estimate of drug-likeness (QED) is 0.640. The molecule has 0 saturated carbocycles. The van der Waals surface area contributed by atoms with Crippen molar-refractivity contribution in [3.05, 3.63) is 29.8 Å². The largest absolute Gasteiger partial charge is 0.461 e. The minimum absolute atomic E-state index is 0.112. The summed E-state index contributed by atoms with van der Waals surface area (Å²) in [6, 6.07) is 5.89. The summed E-state index contributed by atoms with van der Waals surface area (Å²) in [4.78, 5) is 0. The number of hydrogen-bond donors (Lipinski definition) is 0. The van der Waals surface area contributed by atoms with Gasteiger partial charge in [0.15, 0.2) is 0 Å². The highest BCUT2D eigenvalue weighted by Gasteiger charge is 2.44. The molecule has 1 aromatic carbocycles. The van der Waals surface area contributed by atoms with Crippen LogP contribution in [-0.2, 0) is 5.41 Å². The van der Waals surface area contributed by atoms with Crippen LogP contribution in [0.4, 0.5) is 17.6 Å². The van der Waals surface area contributed by atoms with Crippen LogP contribution in [0.15, 0.2) is 24.3 Å². The molecule has 0 fully saturated rings. The Kier molecular flexibility index (Phi) is 4.96. The van der Waals surface area contributed by atoms with Gasteiger partial charge >= 0.3 is 12.5 Å². The van der Waals surface area contributed by atoms with Crippen molar-refractivity contribution in [3.63, 3.8) is 0 Å². The molecule has 1 rings (SSSR count). The molecule has 0 saturated heterocycles. The molecular formula is C16H22F4O. The van der Waals surface area contributed by atoms with Gasteiger partial charge in [-0.2, -0.15) is 17.6 Å². The fourth-order valence-corrected chi connectivity index (χ4v) is 2.60. The highest BCUT2D eigenvalue weighted by Crippen LogP contribution is 2.37. The average Bonchev–Trinajstić information content (AvgIpc) is 2.25. The topological polar surface area (TPSA) is 9.23 Å². The maximum Gasteiger partial charge on any atom is 0.461 e. The Bertz CT molecular complexity index is 458. The van der Waals surface area contributed by atoms with Gasteiger partial charge in [0, 0.05) is 0 Å². The second kappa shape index (κ2) is 5.85. The first kappa shape index (κ1) is 17.8. The van der Waals surface area contributed by atoms with E-state index in [1.807, 2.05) is 0 Å². The molecule has 0 spiro atoms. The molecule has 1 aromatic rings. The van der Waals surface area contributed by atoms with Crippen molar-refractivity contribution in [1.82, 2.24) is 0 Å². The highest BCUT2D eigenvalue weighted by atomic mass is 19.3. The highest BCUT2D eigenvalue weighted by molar-refractivity contribution is 5.32. The summed E-state index contributed by atoms with van der Waals surface area (Å²) in [5.74, 6) is -0.268. The number of rotatable bonds is 5. The fourth-order valence-electron chi connectivity index (χ4n) is 2.60. The van der Waals surface area contributed by atoms with Crippen molar-refractivity contribution in [2.45, 2.75) is 59.0 Å². The molecule has 0 unspecified atom stereocenters. The number of hydrogen-bond acceptors (Lipinski definition) is 1. The third-order valence-electron chi connectivity index (χ3n) is 3.12. The zero-order valence-electron chi connectivity index (χ0n) is 13.0. The van der Waals surface area contributed by atoms with Gasteiger partial charge in [-0.25, -0.2) is 0 Å². The molecule has 1 nitrogen and oxygen atoms in total. The van der Waals surface area contributed by atoms with Crippen LogP contribution >= 0.6 is 0 Å². The summed E-state index contributed by atoms with van der Waals surface area (Å²) in [5.41, 5.74) is 0.911. The van der Waals surface area contributed by atoms with Crippen LogP contribution in [-0.4, -0.2) is 12.5 Å². The van der Waals surface area contributed by atoms with Crippen molar-refractivity contribution in [3.8, 4) is 5.75 Å². The van der Waals surface area contributed by atoms with Crippen LogP contribution in [0.1, 0.15) is 46.6 Å². The molecule has 0 aliphatic rings. The maximum atomic E-state index is 12.8. The molecular weight excluding hydrogens is 284 g/mol. The number of halogens is 4. The van der Waals surface area contributed by atoms with Crippen molar-refractivity contribution < 1.29 is 22.3 Å². The van der Waals surface area contributed by atoms with E-state index in [4.69, 9.17) is 0 Å². The van der Waals surface area contributed by atoms with Crippen molar-refractivity contribution in [1.29, 1.82) is 0 Å². The summed E-state index contributed by atoms with van der Waals surface area (Å²) < 4.78 is 53.8. The summed E-state index contributed by atoms with van der Waals surface area (Å²) in [7, 11) is 0. The summed E-state index contributed by atoms with van der Waals surface area (Å²) in [6.07, 6.45) is -7.43. The van der Waals surface area contributed by atoms with E-state index < -0.39 is 12.5 Å². The van der Waals surface area contributed by atoms with Gasteiger partial charge in [-0.15, -0.1) is 0 Å². The number of benzene rings is 1. The molecule has 0 amide bonds. The van der Waals surface area contributed by atoms with Crippen molar-refractivity contribution in [2.75, 3.05) is 0 Å². The van der Waals surface area contributed by atoms with Crippen molar-refractivity contribution in [2.24, 2.45) is 5.41 Å². The lowest BCUT2D eigenvalue weighted by Crippen LogP contribution is -2.33. The molecule has 0 heterocycles. The number of ether oxygens (including phenoxy) is 1. The normalized spacial score (nSPS) is 13.6. The third kappa shape index (κ3) is 5.21. The van der Waals surface area contributed by atoms with E-state index in [9.17, 15) is 17.6 Å². The summed E-state index contributed by atoms with van der Waals surface area (Å²) >= 11 is 0. The monoisotopic (exact) mass is 306 g/mol. The Morgan fingerprint density at radius 3 is 1.81 bits per heavy atom. The van der Waals surface area contributed by atoms with Crippen LogP contribution in [0.2, 0.25) is 0 Å². The summed E-state index contributed by atoms with van der Waals surface area (Å²) in [6.45, 7) is 10.5. The molecule has 120 valence electrons. The average molecular weight is 306 g/mol. The molecule has 0 radical (unpaired) electrons. The molecule has 0 N–H and O–H groups in total. The van der Waals surface area contributed by atoms with Crippen LogP contribution in [0, 0.1) is 5.41 Å². The van der Waals surface area contributed by atoms with E-state index in [2.05, 4.69) is 39.4 Å². The van der Waals surface area contributed by atoms with E-state index in [0.717, 1.165) is 12.0 Å². The molecule has 0 atom stereocenters. The van der Waals surface area contributed by atoms with Gasteiger partial charge in [0.1, 0.15) is 5.75 Å². The van der Waals surface area contributed by atoms with Gasteiger partial charge in [0.05, 0.1) is 0 Å². The first-order chi connectivity index (χ1) is 9.33. The van der Waals surface area contributed by atoms with E-state index in [1.165, 1.54) is 12.1 Å². The van der Waals surface area contributed by atoms with Crippen LogP contribution < -0.4 is 4.74 Å². The van der Waals surface area contributed by atoms with Crippen LogP contribution in [0.25, 0.3) is 0 Å². The Morgan fingerprint density at radius 1 is 0.952 bits per heavy atom. The first-order valence-electron chi connectivity index (χ1n) is 6.79. The van der Waals surface area contributed by atoms with E-state index >= 15 is 0 Å². The summed E-state index contributed by atoms with van der Waals surface area (Å²) in [5, 5.41) is 0. The fraction of sp³-hybridized carbons (Fsp3) is 0.625. The molecule has 0 aromatic heterocycles. The lowest BCUT2D eigenvalue weighted by molar-refractivity contribution is -0.253. The van der Waals surface area contributed by atoms with Crippen LogP contribution in [0.3, 0.4) is 0 Å². The zero-order chi connectivity index (χ0) is 16.5. The minimum Gasteiger partial charge on any atom is -0.428 e. The van der Waals surface area contributed by atoms with E-state index in [-0.39, 0.29) is 16.6 Å². The zero-order valence-corrected chi connectivity index (χ0v) is 13.0. The Labute approximate surface area is 123 Å². The second-order valence-electron chi connectivity index (χ2n) is 7.11. The van der Waals surface area contributed by atoms with E-state index in [0.29, 0.717) is 0 Å². The third-order valence-corrected chi connectivity index (χ3v) is 3.12. The predicted octanol–water partition coefficient (Wildman–Crippen LogP) is 5.64. The Balaban J connectivity index is 2.88. The first-order valence-corrected chi connectivity index (χ1v) is 6.79. The SMILES string of the molecule is CC(C)(C)CC(C)(C)c1ccc(OC(F)(F)C(F)F)cc1. The predicted molar refractivity (Wildman–Crippen MR) is 75.1 cm³/mol. The maximum absolute atomic E-state index is 12.8. The van der Waals surface area contributed by atoms with Gasteiger partial charge in [-0.1, -0.05) is 46.8 Å². The van der Waals surface area contributed by atoms with Gasteiger partial charge in [-0.05, 0) is 34.9 Å². The second-order valence-corrected chi connectivity index (χ2v) is 7.11. The molecule has 0 aliphatic heterocycles. The Hall–Kier alpha value is -1.26. The number of alkyl halides is 4. The smallest absolute Gasteiger partial charge is 0.428 e.